The van der Waals surface area contributed by atoms with Crippen LogP contribution in [0.2, 0.25) is 0 Å². The summed E-state index contributed by atoms with van der Waals surface area (Å²) in [6.45, 7) is 1.31. The Kier molecular flexibility index (Phi) is 4.12. The van der Waals surface area contributed by atoms with E-state index in [0.29, 0.717) is 6.61 Å². The Morgan fingerprint density at radius 1 is 1.00 bits per heavy atom. The lowest BCUT2D eigenvalue weighted by atomic mass is 10.1. The fraction of sp³-hybridized carbons (Fsp3) is 0.167. The molecule has 3 aromatic rings. The van der Waals surface area contributed by atoms with Gasteiger partial charge in [0.15, 0.2) is 0 Å². The molecule has 0 saturated heterocycles. The molecule has 0 amide bonds. The summed E-state index contributed by atoms with van der Waals surface area (Å²) in [6, 6.07) is 18.4. The van der Waals surface area contributed by atoms with Crippen LogP contribution in [-0.4, -0.2) is 12.0 Å². The number of hydrogen-bond donors (Lipinski definition) is 1. The highest BCUT2D eigenvalue weighted by Crippen LogP contribution is 2.25. The van der Waals surface area contributed by atoms with E-state index in [1.807, 2.05) is 43.6 Å². The van der Waals surface area contributed by atoms with Crippen LogP contribution >= 0.6 is 0 Å². The second-order valence-electron chi connectivity index (χ2n) is 4.95. The molecule has 0 aliphatic heterocycles. The van der Waals surface area contributed by atoms with Crippen molar-refractivity contribution in [3.8, 4) is 5.75 Å². The van der Waals surface area contributed by atoms with Gasteiger partial charge in [0.05, 0.1) is 5.69 Å². The molecule has 0 bridgehead atoms. The molecule has 3 nitrogen and oxygen atoms in total. The van der Waals surface area contributed by atoms with E-state index >= 15 is 0 Å². The Balaban J connectivity index is 1.74. The molecular weight excluding hydrogens is 260 g/mol. The van der Waals surface area contributed by atoms with Crippen LogP contribution in [0.4, 0.5) is 0 Å². The summed E-state index contributed by atoms with van der Waals surface area (Å²) in [6.07, 6.45) is 1.89. The zero-order valence-corrected chi connectivity index (χ0v) is 12.0. The Labute approximate surface area is 124 Å². The van der Waals surface area contributed by atoms with Crippen LogP contribution in [0, 0.1) is 0 Å². The van der Waals surface area contributed by atoms with Crippen LogP contribution in [0.15, 0.2) is 60.8 Å². The van der Waals surface area contributed by atoms with Crippen LogP contribution in [0.25, 0.3) is 10.8 Å². The normalized spacial score (nSPS) is 10.7. The summed E-state index contributed by atoms with van der Waals surface area (Å²) in [4.78, 5) is 4.43. The summed E-state index contributed by atoms with van der Waals surface area (Å²) >= 11 is 0. The van der Waals surface area contributed by atoms with Gasteiger partial charge in [-0.3, -0.25) is 4.98 Å². The third kappa shape index (κ3) is 3.20. The summed E-state index contributed by atoms with van der Waals surface area (Å²) in [5.41, 5.74) is 2.11. The van der Waals surface area contributed by atoms with Gasteiger partial charge in [-0.1, -0.05) is 42.5 Å². The average Bonchev–Trinajstić information content (AvgIpc) is 2.54. The van der Waals surface area contributed by atoms with Gasteiger partial charge in [-0.05, 0) is 30.1 Å². The maximum absolute atomic E-state index is 5.93. The smallest absolute Gasteiger partial charge is 0.130 e. The van der Waals surface area contributed by atoms with Crippen LogP contribution in [0.3, 0.4) is 0 Å². The van der Waals surface area contributed by atoms with Crippen LogP contribution in [0.1, 0.15) is 11.3 Å². The van der Waals surface area contributed by atoms with Crippen molar-refractivity contribution in [1.29, 1.82) is 0 Å². The van der Waals surface area contributed by atoms with E-state index in [1.165, 1.54) is 10.9 Å². The minimum Gasteiger partial charge on any atom is -0.487 e. The van der Waals surface area contributed by atoms with Crippen molar-refractivity contribution in [3.63, 3.8) is 0 Å². The Morgan fingerprint density at radius 3 is 2.67 bits per heavy atom. The highest BCUT2D eigenvalue weighted by atomic mass is 16.5. The van der Waals surface area contributed by atoms with Crippen molar-refractivity contribution < 1.29 is 4.74 Å². The number of hydrogen-bond acceptors (Lipinski definition) is 3. The van der Waals surface area contributed by atoms with E-state index in [-0.39, 0.29) is 0 Å². The van der Waals surface area contributed by atoms with Gasteiger partial charge in [-0.25, -0.2) is 0 Å². The fourth-order valence-corrected chi connectivity index (χ4v) is 2.32. The maximum Gasteiger partial charge on any atom is 0.130 e. The molecule has 0 radical (unpaired) electrons. The number of ether oxygens (including phenoxy) is 1. The van der Waals surface area contributed by atoms with Gasteiger partial charge in [-0.2, -0.15) is 0 Å². The molecule has 0 aliphatic rings. The molecule has 3 heteroatoms. The first-order chi connectivity index (χ1) is 10.4. The molecule has 3 rings (SSSR count). The van der Waals surface area contributed by atoms with Crippen molar-refractivity contribution in [2.75, 3.05) is 7.05 Å². The van der Waals surface area contributed by atoms with E-state index < -0.39 is 0 Å². The van der Waals surface area contributed by atoms with E-state index in [1.54, 1.807) is 0 Å². The Morgan fingerprint density at radius 2 is 1.86 bits per heavy atom. The predicted molar refractivity (Wildman–Crippen MR) is 85.3 cm³/mol. The molecule has 2 aromatic carbocycles. The topological polar surface area (TPSA) is 34.1 Å². The molecule has 1 N–H and O–H groups in total. The maximum atomic E-state index is 5.93. The molecule has 0 fully saturated rings. The summed E-state index contributed by atoms with van der Waals surface area (Å²) in [5, 5.41) is 5.43. The van der Waals surface area contributed by atoms with Gasteiger partial charge >= 0.3 is 0 Å². The highest BCUT2D eigenvalue weighted by molar-refractivity contribution is 5.88. The first-order valence-corrected chi connectivity index (χ1v) is 7.06. The molecule has 0 aliphatic carbocycles. The van der Waals surface area contributed by atoms with Crippen molar-refractivity contribution in [2.45, 2.75) is 13.2 Å². The van der Waals surface area contributed by atoms with Gasteiger partial charge < -0.3 is 10.1 Å². The molecule has 21 heavy (non-hydrogen) atoms. The van der Waals surface area contributed by atoms with E-state index in [2.05, 4.69) is 34.6 Å². The van der Waals surface area contributed by atoms with E-state index in [9.17, 15) is 0 Å². The monoisotopic (exact) mass is 278 g/mol. The third-order valence-corrected chi connectivity index (χ3v) is 3.39. The van der Waals surface area contributed by atoms with Crippen LogP contribution in [-0.2, 0) is 13.2 Å². The largest absolute Gasteiger partial charge is 0.487 e. The van der Waals surface area contributed by atoms with E-state index in [0.717, 1.165) is 23.4 Å². The molecule has 0 saturated carbocycles. The van der Waals surface area contributed by atoms with Gasteiger partial charge in [0.25, 0.3) is 0 Å². The average molecular weight is 278 g/mol. The lowest BCUT2D eigenvalue weighted by Gasteiger charge is -2.09. The molecule has 106 valence electrons. The zero-order chi connectivity index (χ0) is 14.5. The summed E-state index contributed by atoms with van der Waals surface area (Å²) in [5.74, 6) is 0.897. The number of fused-ring (bicyclic) bond motifs is 1. The molecule has 1 heterocycles. The predicted octanol–water partition coefficient (Wildman–Crippen LogP) is 3.53. The first kappa shape index (κ1) is 13.6. The number of benzene rings is 2. The van der Waals surface area contributed by atoms with Crippen LogP contribution in [0.5, 0.6) is 5.75 Å². The Hall–Kier alpha value is -2.39. The number of aromatic nitrogens is 1. The van der Waals surface area contributed by atoms with Gasteiger partial charge in [-0.15, -0.1) is 0 Å². The van der Waals surface area contributed by atoms with Gasteiger partial charge in [0, 0.05) is 18.1 Å². The Bertz CT molecular complexity index is 717. The lowest BCUT2D eigenvalue weighted by molar-refractivity contribution is 0.305. The van der Waals surface area contributed by atoms with Crippen molar-refractivity contribution in [1.82, 2.24) is 10.3 Å². The van der Waals surface area contributed by atoms with Gasteiger partial charge in [0.1, 0.15) is 12.4 Å². The summed E-state index contributed by atoms with van der Waals surface area (Å²) in [7, 11) is 1.93. The third-order valence-electron chi connectivity index (χ3n) is 3.39. The lowest BCUT2D eigenvalue weighted by Crippen LogP contribution is -2.06. The number of nitrogens with zero attached hydrogens (tertiary/aromatic N) is 1. The minimum absolute atomic E-state index is 0.480. The minimum atomic E-state index is 0.480. The molecule has 0 unspecified atom stereocenters. The SMILES string of the molecule is CNCc1ccc(COc2cccc3ccccc23)nc1. The standard InChI is InChI=1S/C18H18N2O/c1-19-11-14-9-10-16(20-12-14)13-21-18-8-4-6-15-5-2-3-7-17(15)18/h2-10,12,19H,11,13H2,1H3. The van der Waals surface area contributed by atoms with Crippen molar-refractivity contribution in [2.24, 2.45) is 0 Å². The fourth-order valence-electron chi connectivity index (χ4n) is 2.32. The van der Waals surface area contributed by atoms with Crippen molar-refractivity contribution in [3.05, 3.63) is 72.1 Å². The first-order valence-electron chi connectivity index (χ1n) is 7.06. The zero-order valence-electron chi connectivity index (χ0n) is 12.0. The molecule has 1 aromatic heterocycles. The number of pyridine rings is 1. The molecule has 0 spiro atoms. The molecular formula is C18H18N2O. The molecule has 0 atom stereocenters. The van der Waals surface area contributed by atoms with Crippen LogP contribution < -0.4 is 10.1 Å². The number of nitrogens with one attached hydrogen (secondary N) is 1. The number of rotatable bonds is 5. The quantitative estimate of drug-likeness (QED) is 0.775. The van der Waals surface area contributed by atoms with E-state index in [4.69, 9.17) is 4.74 Å². The van der Waals surface area contributed by atoms with Gasteiger partial charge in [0.2, 0.25) is 0 Å². The highest BCUT2D eigenvalue weighted by Gasteiger charge is 2.02. The summed E-state index contributed by atoms with van der Waals surface area (Å²) < 4.78 is 5.93. The second-order valence-corrected chi connectivity index (χ2v) is 4.95. The van der Waals surface area contributed by atoms with Crippen molar-refractivity contribution >= 4 is 10.8 Å². The second kappa shape index (κ2) is 6.37.